The predicted octanol–water partition coefficient (Wildman–Crippen LogP) is 0.0332. The van der Waals surface area contributed by atoms with E-state index in [2.05, 4.69) is 0 Å². The summed E-state index contributed by atoms with van der Waals surface area (Å²) in [6.07, 6.45) is 2.42. The van der Waals surface area contributed by atoms with Gasteiger partial charge in [0.1, 0.15) is 0 Å². The van der Waals surface area contributed by atoms with Gasteiger partial charge in [-0.2, -0.15) is 0 Å². The van der Waals surface area contributed by atoms with Crippen molar-refractivity contribution in [2.45, 2.75) is 49.4 Å². The van der Waals surface area contributed by atoms with Crippen molar-refractivity contribution in [1.82, 2.24) is 0 Å². The Kier molecular flexibility index (Phi) is 1.14. The van der Waals surface area contributed by atoms with Crippen molar-refractivity contribution in [2.24, 2.45) is 11.8 Å². The molecule has 3 saturated carbocycles. The van der Waals surface area contributed by atoms with Crippen LogP contribution in [-0.2, 0) is 0 Å². The van der Waals surface area contributed by atoms with Crippen molar-refractivity contribution in [1.29, 1.82) is 0 Å². The van der Waals surface area contributed by atoms with Gasteiger partial charge in [0.15, 0.2) is 0 Å². The van der Waals surface area contributed by atoms with Crippen LogP contribution in [0.1, 0.15) is 32.6 Å². The Labute approximate surface area is 77.4 Å². The van der Waals surface area contributed by atoms with E-state index in [1.165, 1.54) is 0 Å². The molecular formula is C10H16O3. The minimum atomic E-state index is -0.884. The molecule has 0 aromatic carbocycles. The Morgan fingerprint density at radius 2 is 1.46 bits per heavy atom. The lowest BCUT2D eigenvalue weighted by atomic mass is 9.37. The molecule has 0 amide bonds. The fourth-order valence-electron chi connectivity index (χ4n) is 4.27. The Balaban J connectivity index is 1.96. The van der Waals surface area contributed by atoms with E-state index in [-0.39, 0.29) is 5.92 Å². The first kappa shape index (κ1) is 8.21. The summed E-state index contributed by atoms with van der Waals surface area (Å²) in [6, 6.07) is 0. The van der Waals surface area contributed by atoms with Crippen LogP contribution in [0.5, 0.6) is 0 Å². The Morgan fingerprint density at radius 3 is 1.85 bits per heavy atom. The zero-order valence-corrected chi connectivity index (χ0v) is 7.82. The largest absolute Gasteiger partial charge is 0.390 e. The molecule has 3 nitrogen and oxygen atoms in total. The minimum Gasteiger partial charge on any atom is -0.390 e. The summed E-state index contributed by atoms with van der Waals surface area (Å²) in [5, 5.41) is 30.1. The molecule has 3 aliphatic rings. The van der Waals surface area contributed by atoms with Crippen molar-refractivity contribution in [3.05, 3.63) is 0 Å². The van der Waals surface area contributed by atoms with Crippen LogP contribution in [0.4, 0.5) is 0 Å². The lowest BCUT2D eigenvalue weighted by Crippen LogP contribution is -2.78. The van der Waals surface area contributed by atoms with Crippen molar-refractivity contribution >= 4 is 0 Å². The van der Waals surface area contributed by atoms with Crippen LogP contribution in [-0.4, -0.2) is 32.1 Å². The van der Waals surface area contributed by atoms with E-state index < -0.39 is 16.8 Å². The predicted molar refractivity (Wildman–Crippen MR) is 46.0 cm³/mol. The summed E-state index contributed by atoms with van der Waals surface area (Å²) in [4.78, 5) is 0. The van der Waals surface area contributed by atoms with Gasteiger partial charge in [-0.1, -0.05) is 0 Å². The Bertz CT molecular complexity index is 251. The van der Waals surface area contributed by atoms with Gasteiger partial charge in [-0.05, 0) is 25.7 Å². The molecule has 2 atom stereocenters. The maximum absolute atomic E-state index is 10.1. The fraction of sp³-hybridized carbons (Fsp3) is 1.00. The molecule has 3 rings (SSSR count). The first-order chi connectivity index (χ1) is 5.85. The summed E-state index contributed by atoms with van der Waals surface area (Å²) in [5.74, 6) is 0.575. The highest BCUT2D eigenvalue weighted by atomic mass is 16.3. The average molecular weight is 184 g/mol. The van der Waals surface area contributed by atoms with E-state index in [1.54, 1.807) is 6.92 Å². The fourth-order valence-corrected chi connectivity index (χ4v) is 4.27. The first-order valence-electron chi connectivity index (χ1n) is 5.02. The van der Waals surface area contributed by atoms with E-state index in [0.717, 1.165) is 12.8 Å². The Hall–Kier alpha value is -0.120. The molecular weight excluding hydrogens is 168 g/mol. The SMILES string of the molecule is CC1(O)CC2(O)CC3CC(O)(C1)C32. The second-order valence-corrected chi connectivity index (χ2v) is 5.70. The van der Waals surface area contributed by atoms with Gasteiger partial charge in [-0.15, -0.1) is 0 Å². The summed E-state index contributed by atoms with van der Waals surface area (Å²) in [6.45, 7) is 1.71. The molecule has 2 unspecified atom stereocenters. The molecule has 0 heterocycles. The second-order valence-electron chi connectivity index (χ2n) is 5.70. The van der Waals surface area contributed by atoms with Gasteiger partial charge < -0.3 is 15.3 Å². The quantitative estimate of drug-likeness (QED) is 0.498. The smallest absolute Gasteiger partial charge is 0.0736 e. The number of hydrogen-bond donors (Lipinski definition) is 3. The van der Waals surface area contributed by atoms with Crippen LogP contribution in [0.3, 0.4) is 0 Å². The zero-order chi connectivity index (χ0) is 9.48. The van der Waals surface area contributed by atoms with Crippen LogP contribution >= 0.6 is 0 Å². The van der Waals surface area contributed by atoms with Crippen molar-refractivity contribution in [3.8, 4) is 0 Å². The summed E-state index contributed by atoms with van der Waals surface area (Å²) >= 11 is 0. The number of hydrogen-bond acceptors (Lipinski definition) is 3. The summed E-state index contributed by atoms with van der Waals surface area (Å²) in [5.41, 5.74) is -2.41. The highest BCUT2D eigenvalue weighted by molar-refractivity contribution is 5.24. The zero-order valence-electron chi connectivity index (χ0n) is 7.82. The molecule has 0 saturated heterocycles. The third-order valence-corrected chi connectivity index (χ3v) is 4.23. The van der Waals surface area contributed by atoms with E-state index in [9.17, 15) is 15.3 Å². The molecule has 0 aromatic heterocycles. The highest BCUT2D eigenvalue weighted by Gasteiger charge is 2.74. The monoisotopic (exact) mass is 184 g/mol. The van der Waals surface area contributed by atoms with Crippen molar-refractivity contribution < 1.29 is 15.3 Å². The molecule has 3 fully saturated rings. The minimum absolute atomic E-state index is 0.0558. The van der Waals surface area contributed by atoms with E-state index >= 15 is 0 Å². The molecule has 0 aromatic rings. The van der Waals surface area contributed by atoms with Gasteiger partial charge in [-0.3, -0.25) is 0 Å². The van der Waals surface area contributed by atoms with Gasteiger partial charge >= 0.3 is 0 Å². The maximum atomic E-state index is 10.1. The van der Waals surface area contributed by atoms with Crippen LogP contribution in [0.2, 0.25) is 0 Å². The second kappa shape index (κ2) is 1.81. The van der Waals surface area contributed by atoms with Gasteiger partial charge in [0.25, 0.3) is 0 Å². The molecule has 0 aliphatic heterocycles. The lowest BCUT2D eigenvalue weighted by molar-refractivity contribution is -0.343. The van der Waals surface area contributed by atoms with E-state index in [1.807, 2.05) is 0 Å². The van der Waals surface area contributed by atoms with E-state index in [4.69, 9.17) is 0 Å². The van der Waals surface area contributed by atoms with Gasteiger partial charge in [0.05, 0.1) is 16.8 Å². The third-order valence-electron chi connectivity index (χ3n) is 4.23. The maximum Gasteiger partial charge on any atom is 0.0736 e. The average Bonchev–Trinajstić information content (AvgIpc) is 1.75. The topological polar surface area (TPSA) is 60.7 Å². The lowest BCUT2D eigenvalue weighted by Gasteiger charge is -2.72. The number of rotatable bonds is 0. The highest BCUT2D eigenvalue weighted by Crippen LogP contribution is 2.68. The van der Waals surface area contributed by atoms with Crippen LogP contribution in [0, 0.1) is 11.8 Å². The normalized spacial score (nSPS) is 69.2. The molecule has 74 valence electrons. The van der Waals surface area contributed by atoms with Crippen molar-refractivity contribution in [2.75, 3.05) is 0 Å². The van der Waals surface area contributed by atoms with Crippen molar-refractivity contribution in [3.63, 3.8) is 0 Å². The molecule has 3 aliphatic carbocycles. The standard InChI is InChI=1S/C10H16O3/c1-8(11)4-9(12)2-6-3-10(13,5-8)7(6)9/h6-7,11-13H,2-5H2,1H3. The van der Waals surface area contributed by atoms with Crippen LogP contribution in [0.15, 0.2) is 0 Å². The van der Waals surface area contributed by atoms with Gasteiger partial charge in [0.2, 0.25) is 0 Å². The molecule has 3 heteroatoms. The number of aliphatic hydroxyl groups is 3. The van der Waals surface area contributed by atoms with Gasteiger partial charge in [0, 0.05) is 18.8 Å². The summed E-state index contributed by atoms with van der Waals surface area (Å²) < 4.78 is 0. The molecule has 0 bridgehead atoms. The molecule has 3 N–H and O–H groups in total. The van der Waals surface area contributed by atoms with Crippen LogP contribution < -0.4 is 0 Å². The van der Waals surface area contributed by atoms with Crippen LogP contribution in [0.25, 0.3) is 0 Å². The molecule has 0 radical (unpaired) electrons. The van der Waals surface area contributed by atoms with E-state index in [0.29, 0.717) is 18.8 Å². The molecule has 13 heavy (non-hydrogen) atoms. The first-order valence-corrected chi connectivity index (χ1v) is 5.02. The third kappa shape index (κ3) is 0.808. The summed E-state index contributed by atoms with van der Waals surface area (Å²) in [7, 11) is 0. The molecule has 0 spiro atoms. The van der Waals surface area contributed by atoms with Gasteiger partial charge in [-0.25, -0.2) is 0 Å². The Morgan fingerprint density at radius 1 is 1.00 bits per heavy atom.